The summed E-state index contributed by atoms with van der Waals surface area (Å²) in [5.41, 5.74) is 5.76. The molecule has 0 radical (unpaired) electrons. The largest absolute Gasteiger partial charge is 0.493 e. The van der Waals surface area contributed by atoms with E-state index in [2.05, 4.69) is 15.5 Å². The number of hydrogen-bond donors (Lipinski definition) is 3. The summed E-state index contributed by atoms with van der Waals surface area (Å²) in [6, 6.07) is 0.597. The first-order chi connectivity index (χ1) is 18.2. The Balaban J connectivity index is 1.49. The van der Waals surface area contributed by atoms with Crippen molar-refractivity contribution in [2.45, 2.75) is 17.5 Å². The van der Waals surface area contributed by atoms with Gasteiger partial charge in [-0.2, -0.15) is 0 Å². The number of aliphatic carboxylic acids is 1. The van der Waals surface area contributed by atoms with Crippen molar-refractivity contribution in [2.24, 2.45) is 5.18 Å². The first-order valence-electron chi connectivity index (χ1n) is 10.9. The molecular formula is C22H23N5O9S2. The van der Waals surface area contributed by atoms with E-state index >= 15 is 0 Å². The van der Waals surface area contributed by atoms with Gasteiger partial charge in [0.2, 0.25) is 11.8 Å². The van der Waals surface area contributed by atoms with Gasteiger partial charge >= 0.3 is 5.97 Å². The number of thiazole rings is 1. The van der Waals surface area contributed by atoms with Gasteiger partial charge in [-0.3, -0.25) is 14.5 Å². The number of nitrogen functional groups attached to an aromatic ring is 1. The third-order valence-electron chi connectivity index (χ3n) is 5.77. The summed E-state index contributed by atoms with van der Waals surface area (Å²) in [7, 11) is 4.37. The lowest BCUT2D eigenvalue weighted by atomic mass is 10.0. The number of fused-ring (bicyclic) bond motifs is 1. The molecule has 0 saturated carbocycles. The van der Waals surface area contributed by atoms with E-state index in [1.54, 1.807) is 12.1 Å². The topological polar surface area (TPSA) is 192 Å². The monoisotopic (exact) mass is 565 g/mol. The fourth-order valence-corrected chi connectivity index (χ4v) is 5.91. The van der Waals surface area contributed by atoms with Gasteiger partial charge in [0.25, 0.3) is 11.8 Å². The number of nitroso groups, excluding NO2 is 1. The zero-order valence-corrected chi connectivity index (χ0v) is 22.0. The van der Waals surface area contributed by atoms with Crippen LogP contribution in [0.5, 0.6) is 23.0 Å². The van der Waals surface area contributed by atoms with Crippen LogP contribution in [0.3, 0.4) is 0 Å². The maximum atomic E-state index is 12.9. The smallest absolute Gasteiger partial charge is 0.352 e. The highest BCUT2D eigenvalue weighted by Crippen LogP contribution is 2.43. The summed E-state index contributed by atoms with van der Waals surface area (Å²) in [6.07, 6.45) is 0. The summed E-state index contributed by atoms with van der Waals surface area (Å²) in [4.78, 5) is 54.0. The van der Waals surface area contributed by atoms with Gasteiger partial charge in [0.1, 0.15) is 29.5 Å². The van der Waals surface area contributed by atoms with E-state index in [1.165, 1.54) is 38.5 Å². The molecule has 2 unspecified atom stereocenters. The number of rotatable bonds is 11. The first kappa shape index (κ1) is 27.0. The van der Waals surface area contributed by atoms with Crippen LogP contribution in [0, 0.1) is 4.91 Å². The Labute approximate surface area is 224 Å². The number of anilines is 1. The molecule has 38 heavy (non-hydrogen) atoms. The Morgan fingerprint density at radius 2 is 1.95 bits per heavy atom. The summed E-state index contributed by atoms with van der Waals surface area (Å²) in [5.74, 6) is -1.17. The predicted octanol–water partition coefficient (Wildman–Crippen LogP) is 1.38. The fraction of sp³-hybridized carbons (Fsp3) is 0.364. The van der Waals surface area contributed by atoms with Crippen molar-refractivity contribution in [3.05, 3.63) is 39.4 Å². The number of carboxylic acid groups (broad SMARTS) is 1. The number of thioether (sulfide) groups is 1. The number of ether oxygens (including phenoxy) is 4. The van der Waals surface area contributed by atoms with Crippen LogP contribution >= 0.6 is 23.1 Å². The Kier molecular flexibility index (Phi) is 7.91. The number of nitrogens with two attached hydrogens (primary N) is 1. The van der Waals surface area contributed by atoms with Gasteiger partial charge in [-0.25, -0.2) is 9.78 Å². The zero-order chi connectivity index (χ0) is 27.6. The molecule has 3 atom stereocenters. The van der Waals surface area contributed by atoms with Crippen LogP contribution in [-0.2, 0) is 14.4 Å². The van der Waals surface area contributed by atoms with E-state index in [1.807, 2.05) is 0 Å². The van der Waals surface area contributed by atoms with Gasteiger partial charge in [-0.1, -0.05) is 0 Å². The van der Waals surface area contributed by atoms with E-state index in [0.717, 1.165) is 16.2 Å². The SMILES string of the molecule is COc1cc(OCC2=C(C(=O)O)N3C(=O)C(NC(=O)C(N=O)c4csc(N)n4)[C@@H]3SC2)cc(OC)c1OC. The first-order valence-corrected chi connectivity index (χ1v) is 12.8. The molecule has 4 N–H and O–H groups in total. The number of hydrogen-bond acceptors (Lipinski definition) is 13. The van der Waals surface area contributed by atoms with Crippen LogP contribution in [0.25, 0.3) is 0 Å². The minimum atomic E-state index is -1.49. The van der Waals surface area contributed by atoms with Crippen molar-refractivity contribution in [3.8, 4) is 23.0 Å². The molecule has 1 fully saturated rings. The predicted molar refractivity (Wildman–Crippen MR) is 136 cm³/mol. The van der Waals surface area contributed by atoms with Crippen LogP contribution in [0.2, 0.25) is 0 Å². The highest BCUT2D eigenvalue weighted by molar-refractivity contribution is 8.00. The van der Waals surface area contributed by atoms with Gasteiger partial charge < -0.3 is 35.1 Å². The Morgan fingerprint density at radius 3 is 2.47 bits per heavy atom. The number of aromatic nitrogens is 1. The molecule has 2 amide bonds. The number of carbonyl (C=O) groups is 3. The van der Waals surface area contributed by atoms with Crippen molar-refractivity contribution in [1.82, 2.24) is 15.2 Å². The van der Waals surface area contributed by atoms with E-state index in [0.29, 0.717) is 28.6 Å². The van der Waals surface area contributed by atoms with Crippen LogP contribution in [0.15, 0.2) is 34.0 Å². The van der Waals surface area contributed by atoms with E-state index in [-0.39, 0.29) is 28.9 Å². The highest BCUT2D eigenvalue weighted by Gasteiger charge is 2.54. The number of methoxy groups -OCH3 is 3. The molecular weight excluding hydrogens is 542 g/mol. The highest BCUT2D eigenvalue weighted by atomic mass is 32.2. The molecule has 202 valence electrons. The van der Waals surface area contributed by atoms with Crippen molar-refractivity contribution >= 4 is 46.0 Å². The molecule has 16 heteroatoms. The molecule has 3 heterocycles. The molecule has 2 aliphatic rings. The van der Waals surface area contributed by atoms with Crippen LogP contribution < -0.4 is 30.0 Å². The number of carboxylic acids is 1. The minimum Gasteiger partial charge on any atom is -0.493 e. The molecule has 2 aliphatic heterocycles. The van der Waals surface area contributed by atoms with Crippen LogP contribution in [-0.4, -0.2) is 77.9 Å². The number of β-lactam (4-membered cyclic amide) rings is 1. The van der Waals surface area contributed by atoms with E-state index in [9.17, 15) is 24.4 Å². The molecule has 0 spiro atoms. The lowest BCUT2D eigenvalue weighted by Gasteiger charge is -2.49. The van der Waals surface area contributed by atoms with Gasteiger partial charge in [0.05, 0.1) is 27.0 Å². The number of nitrogens with one attached hydrogen (secondary N) is 1. The van der Waals surface area contributed by atoms with Crippen molar-refractivity contribution in [1.29, 1.82) is 0 Å². The summed E-state index contributed by atoms with van der Waals surface area (Å²) < 4.78 is 21.7. The molecule has 1 saturated heterocycles. The average molecular weight is 566 g/mol. The third-order valence-corrected chi connectivity index (χ3v) is 7.80. The maximum absolute atomic E-state index is 12.9. The van der Waals surface area contributed by atoms with E-state index in [4.69, 9.17) is 24.7 Å². The summed E-state index contributed by atoms with van der Waals surface area (Å²) in [6.45, 7) is -0.136. The Morgan fingerprint density at radius 1 is 1.26 bits per heavy atom. The second kappa shape index (κ2) is 11.1. The van der Waals surface area contributed by atoms with Gasteiger partial charge in [-0.15, -0.1) is 28.0 Å². The normalized spacial score (nSPS) is 19.1. The Hall–Kier alpha value is -4.05. The van der Waals surface area contributed by atoms with Crippen LogP contribution in [0.4, 0.5) is 5.13 Å². The minimum absolute atomic E-state index is 0.0669. The average Bonchev–Trinajstić information content (AvgIpc) is 3.34. The quantitative estimate of drug-likeness (QED) is 0.262. The molecule has 0 aliphatic carbocycles. The third kappa shape index (κ3) is 4.91. The van der Waals surface area contributed by atoms with E-state index < -0.39 is 35.2 Å². The zero-order valence-electron chi connectivity index (χ0n) is 20.3. The standard InChI is InChI=1S/C22H23N5O9S2/c1-33-12-4-10(5-13(34-2)17(12)35-3)36-6-9-7-37-20-15(19(29)27(20)16(9)21(30)31)25-18(28)14(26-32)11-8-38-22(23)24-11/h4-5,8,14-15,20H,6-7H2,1-3H3,(H2,23,24)(H,25,28)(H,30,31)/t14?,15?,20-/m0/s1. The van der Waals surface area contributed by atoms with Crippen molar-refractivity contribution in [2.75, 3.05) is 39.4 Å². The number of carbonyl (C=O) groups excluding carboxylic acids is 2. The number of benzene rings is 1. The lowest BCUT2D eigenvalue weighted by Crippen LogP contribution is -2.71. The molecule has 0 bridgehead atoms. The molecule has 14 nitrogen and oxygen atoms in total. The fourth-order valence-electron chi connectivity index (χ4n) is 4.00. The molecule has 2 aromatic rings. The lowest BCUT2D eigenvalue weighted by molar-refractivity contribution is -0.151. The maximum Gasteiger partial charge on any atom is 0.352 e. The summed E-state index contributed by atoms with van der Waals surface area (Å²) >= 11 is 2.29. The molecule has 4 rings (SSSR count). The molecule has 1 aromatic heterocycles. The van der Waals surface area contributed by atoms with Crippen molar-refractivity contribution < 1.29 is 38.4 Å². The Bertz CT molecular complexity index is 1290. The number of amides is 2. The van der Waals surface area contributed by atoms with Gasteiger partial charge in [-0.05, 0) is 5.18 Å². The van der Waals surface area contributed by atoms with Crippen molar-refractivity contribution in [3.63, 3.8) is 0 Å². The van der Waals surface area contributed by atoms with Gasteiger partial charge in [0.15, 0.2) is 16.6 Å². The number of nitrogens with zero attached hydrogens (tertiary/aromatic N) is 3. The molecule has 1 aromatic carbocycles. The summed E-state index contributed by atoms with van der Waals surface area (Å²) in [5, 5.41) is 16.1. The van der Waals surface area contributed by atoms with Crippen LogP contribution in [0.1, 0.15) is 11.7 Å². The second-order valence-corrected chi connectivity index (χ2v) is 9.92. The second-order valence-electron chi connectivity index (χ2n) is 7.92. The van der Waals surface area contributed by atoms with Gasteiger partial charge in [0, 0.05) is 28.8 Å².